The van der Waals surface area contributed by atoms with Crippen LogP contribution in [0.3, 0.4) is 0 Å². The van der Waals surface area contributed by atoms with Crippen molar-refractivity contribution < 1.29 is 19.1 Å². The highest BCUT2D eigenvalue weighted by molar-refractivity contribution is 6.18. The number of imide groups is 1. The van der Waals surface area contributed by atoms with Gasteiger partial charge < -0.3 is 4.74 Å². The Morgan fingerprint density at radius 2 is 1.43 bits per heavy atom. The van der Waals surface area contributed by atoms with Crippen LogP contribution in [0.2, 0.25) is 0 Å². The number of nitrogens with zero attached hydrogens (tertiary/aromatic N) is 1. The van der Waals surface area contributed by atoms with Gasteiger partial charge in [-0.2, -0.15) is 0 Å². The van der Waals surface area contributed by atoms with Crippen LogP contribution in [0.15, 0.2) is 11.1 Å². The third kappa shape index (κ3) is 6.18. The van der Waals surface area contributed by atoms with E-state index >= 15 is 0 Å². The molecule has 0 saturated carbocycles. The number of ether oxygens (including phenoxy) is 1. The Kier molecular flexibility index (Phi) is 8.90. The molecule has 2 amide bonds. The molecule has 160 valence electrons. The van der Waals surface area contributed by atoms with Crippen LogP contribution in [-0.2, 0) is 19.1 Å². The number of esters is 1. The summed E-state index contributed by atoms with van der Waals surface area (Å²) in [7, 11) is 0. The van der Waals surface area contributed by atoms with E-state index in [1.54, 1.807) is 13.8 Å². The van der Waals surface area contributed by atoms with Crippen molar-refractivity contribution in [2.75, 3.05) is 13.2 Å². The fraction of sp³-hybridized carbons (Fsp3) is 0.783. The van der Waals surface area contributed by atoms with Gasteiger partial charge in [-0.3, -0.25) is 19.3 Å². The summed E-state index contributed by atoms with van der Waals surface area (Å²) >= 11 is 0. The minimum absolute atomic E-state index is 0.0955. The van der Waals surface area contributed by atoms with E-state index < -0.39 is 5.41 Å². The SMILES string of the molecule is CCC(C)(C)CC(C)(CC)C(=O)OCCCCCCN1C(=O)C(C)=C(C)C1=O. The molecule has 1 atom stereocenters. The largest absolute Gasteiger partial charge is 0.465 e. The second kappa shape index (κ2) is 10.2. The number of hydrogen-bond acceptors (Lipinski definition) is 4. The molecule has 1 heterocycles. The maximum Gasteiger partial charge on any atom is 0.311 e. The van der Waals surface area contributed by atoms with Crippen LogP contribution >= 0.6 is 0 Å². The summed E-state index contributed by atoms with van der Waals surface area (Å²) in [5.41, 5.74) is 0.808. The van der Waals surface area contributed by atoms with E-state index in [0.717, 1.165) is 44.9 Å². The molecule has 0 spiro atoms. The Labute approximate surface area is 170 Å². The van der Waals surface area contributed by atoms with Crippen LogP contribution in [0.25, 0.3) is 0 Å². The van der Waals surface area contributed by atoms with E-state index in [1.165, 1.54) is 4.90 Å². The van der Waals surface area contributed by atoms with Crippen LogP contribution in [0.4, 0.5) is 0 Å². The summed E-state index contributed by atoms with van der Waals surface area (Å²) in [4.78, 5) is 37.9. The smallest absolute Gasteiger partial charge is 0.311 e. The van der Waals surface area contributed by atoms with E-state index in [9.17, 15) is 14.4 Å². The Hall–Kier alpha value is -1.65. The zero-order valence-corrected chi connectivity index (χ0v) is 18.9. The summed E-state index contributed by atoms with van der Waals surface area (Å²) < 4.78 is 5.57. The summed E-state index contributed by atoms with van der Waals surface area (Å²) in [5, 5.41) is 0. The summed E-state index contributed by atoms with van der Waals surface area (Å²) in [6.07, 6.45) is 6.05. The maximum atomic E-state index is 12.6. The lowest BCUT2D eigenvalue weighted by Gasteiger charge is -2.34. The number of rotatable bonds is 12. The average molecular weight is 394 g/mol. The second-order valence-corrected chi connectivity index (χ2v) is 9.17. The predicted molar refractivity (Wildman–Crippen MR) is 112 cm³/mol. The lowest BCUT2D eigenvalue weighted by molar-refractivity contribution is -0.157. The van der Waals surface area contributed by atoms with Crippen molar-refractivity contribution in [1.82, 2.24) is 4.90 Å². The molecule has 5 heteroatoms. The molecule has 0 aliphatic carbocycles. The highest BCUT2D eigenvalue weighted by Gasteiger charge is 2.38. The van der Waals surface area contributed by atoms with Gasteiger partial charge in [0.15, 0.2) is 0 Å². The van der Waals surface area contributed by atoms with Crippen LogP contribution in [0, 0.1) is 10.8 Å². The van der Waals surface area contributed by atoms with Gasteiger partial charge in [0.05, 0.1) is 12.0 Å². The first-order valence-electron chi connectivity index (χ1n) is 10.7. The molecule has 0 bridgehead atoms. The zero-order valence-electron chi connectivity index (χ0n) is 18.9. The van der Waals surface area contributed by atoms with Gasteiger partial charge in [-0.1, -0.05) is 40.5 Å². The fourth-order valence-corrected chi connectivity index (χ4v) is 3.61. The molecule has 0 N–H and O–H groups in total. The Balaban J connectivity index is 2.28. The molecule has 1 aliphatic rings. The maximum absolute atomic E-state index is 12.6. The number of carbonyl (C=O) groups excluding carboxylic acids is 3. The lowest BCUT2D eigenvalue weighted by Crippen LogP contribution is -2.34. The average Bonchev–Trinajstić information content (AvgIpc) is 2.83. The first-order valence-corrected chi connectivity index (χ1v) is 10.7. The number of amides is 2. The third-order valence-electron chi connectivity index (χ3n) is 6.30. The molecule has 0 radical (unpaired) electrons. The molecule has 0 aromatic heterocycles. The molecular formula is C23H39NO4. The first-order chi connectivity index (χ1) is 13.0. The Bertz CT molecular complexity index is 596. The summed E-state index contributed by atoms with van der Waals surface area (Å²) in [5.74, 6) is -0.419. The highest BCUT2D eigenvalue weighted by Crippen LogP contribution is 2.39. The molecule has 0 saturated heterocycles. The van der Waals surface area contributed by atoms with Gasteiger partial charge in [-0.25, -0.2) is 0 Å². The van der Waals surface area contributed by atoms with Crippen LogP contribution in [0.1, 0.15) is 93.4 Å². The number of hydrogen-bond donors (Lipinski definition) is 0. The van der Waals surface area contributed by atoms with Crippen LogP contribution < -0.4 is 0 Å². The van der Waals surface area contributed by atoms with Crippen molar-refractivity contribution in [2.24, 2.45) is 10.8 Å². The van der Waals surface area contributed by atoms with Crippen molar-refractivity contribution >= 4 is 17.8 Å². The third-order valence-corrected chi connectivity index (χ3v) is 6.30. The Morgan fingerprint density at radius 1 is 0.893 bits per heavy atom. The molecular weight excluding hydrogens is 354 g/mol. The van der Waals surface area contributed by atoms with Gasteiger partial charge in [-0.15, -0.1) is 0 Å². The van der Waals surface area contributed by atoms with Crippen molar-refractivity contribution in [2.45, 2.75) is 93.4 Å². The van der Waals surface area contributed by atoms with E-state index in [1.807, 2.05) is 13.8 Å². The second-order valence-electron chi connectivity index (χ2n) is 9.17. The monoisotopic (exact) mass is 393 g/mol. The minimum Gasteiger partial charge on any atom is -0.465 e. The van der Waals surface area contributed by atoms with Crippen molar-refractivity contribution in [1.29, 1.82) is 0 Å². The van der Waals surface area contributed by atoms with Crippen molar-refractivity contribution in [3.63, 3.8) is 0 Å². The first kappa shape index (κ1) is 24.4. The van der Waals surface area contributed by atoms with Gasteiger partial charge in [-0.05, 0) is 58.3 Å². The van der Waals surface area contributed by atoms with E-state index in [2.05, 4.69) is 20.8 Å². The highest BCUT2D eigenvalue weighted by atomic mass is 16.5. The van der Waals surface area contributed by atoms with E-state index in [-0.39, 0.29) is 23.2 Å². The van der Waals surface area contributed by atoms with Gasteiger partial charge in [0.1, 0.15) is 0 Å². The van der Waals surface area contributed by atoms with Crippen LogP contribution in [-0.4, -0.2) is 35.8 Å². The fourth-order valence-electron chi connectivity index (χ4n) is 3.61. The van der Waals surface area contributed by atoms with Crippen LogP contribution in [0.5, 0.6) is 0 Å². The predicted octanol–water partition coefficient (Wildman–Crippen LogP) is 5.04. The minimum atomic E-state index is -0.432. The topological polar surface area (TPSA) is 63.7 Å². The Morgan fingerprint density at radius 3 is 1.93 bits per heavy atom. The van der Waals surface area contributed by atoms with Crippen molar-refractivity contribution in [3.05, 3.63) is 11.1 Å². The zero-order chi connectivity index (χ0) is 21.5. The van der Waals surface area contributed by atoms with Gasteiger partial charge in [0.25, 0.3) is 11.8 Å². The van der Waals surface area contributed by atoms with Gasteiger partial charge >= 0.3 is 5.97 Å². The lowest BCUT2D eigenvalue weighted by atomic mass is 9.71. The molecule has 1 rings (SSSR count). The van der Waals surface area contributed by atoms with Gasteiger partial charge in [0, 0.05) is 17.7 Å². The molecule has 5 nitrogen and oxygen atoms in total. The van der Waals surface area contributed by atoms with E-state index in [4.69, 9.17) is 4.74 Å². The molecule has 0 fully saturated rings. The molecule has 1 aliphatic heterocycles. The molecule has 0 aromatic carbocycles. The number of carbonyl (C=O) groups is 3. The normalized spacial score (nSPS) is 17.3. The van der Waals surface area contributed by atoms with Gasteiger partial charge in [0.2, 0.25) is 0 Å². The number of unbranched alkanes of at least 4 members (excludes halogenated alkanes) is 3. The molecule has 1 unspecified atom stereocenters. The van der Waals surface area contributed by atoms with Crippen molar-refractivity contribution in [3.8, 4) is 0 Å². The summed E-state index contributed by atoms with van der Waals surface area (Å²) in [6, 6.07) is 0. The van der Waals surface area contributed by atoms with E-state index in [0.29, 0.717) is 24.3 Å². The quantitative estimate of drug-likeness (QED) is 0.265. The standard InChI is InChI=1S/C23H39NO4/c1-8-22(5,6)16-23(7,9-2)21(27)28-15-13-11-10-12-14-24-19(25)17(3)18(4)20(24)26/h8-16H2,1-7H3. The molecule has 28 heavy (non-hydrogen) atoms. The summed E-state index contributed by atoms with van der Waals surface area (Å²) in [6.45, 7) is 14.9. The molecule has 0 aromatic rings.